The fraction of sp³-hybridized carbons (Fsp3) is 0.238. The lowest BCUT2D eigenvalue weighted by molar-refractivity contribution is 0.239. The van der Waals surface area contributed by atoms with Crippen molar-refractivity contribution in [2.24, 2.45) is 7.05 Å². The number of nitrogens with two attached hydrogens (primary N) is 1. The largest absolute Gasteiger partial charge is 0.447 e. The van der Waals surface area contributed by atoms with Crippen LogP contribution >= 0.6 is 0 Å². The minimum Gasteiger partial charge on any atom is -0.447 e. The monoisotopic (exact) mass is 372 g/mol. The maximum atomic E-state index is 5.94. The Labute approximate surface area is 162 Å². The Bertz CT molecular complexity index is 1110. The molecule has 0 atom stereocenters. The number of nitrogens with zero attached hydrogens (tertiary/aromatic N) is 5. The van der Waals surface area contributed by atoms with Crippen LogP contribution in [0.3, 0.4) is 0 Å². The summed E-state index contributed by atoms with van der Waals surface area (Å²) >= 11 is 0. The van der Waals surface area contributed by atoms with Crippen molar-refractivity contribution in [1.82, 2.24) is 24.7 Å². The summed E-state index contributed by atoms with van der Waals surface area (Å²) in [5, 5.41) is 4.22. The second-order valence-electron chi connectivity index (χ2n) is 7.28. The van der Waals surface area contributed by atoms with Gasteiger partial charge in [-0.2, -0.15) is 5.10 Å². The highest BCUT2D eigenvalue weighted by Gasteiger charge is 2.44. The van der Waals surface area contributed by atoms with Gasteiger partial charge < -0.3 is 10.2 Å². The van der Waals surface area contributed by atoms with Crippen molar-refractivity contribution in [3.63, 3.8) is 0 Å². The van der Waals surface area contributed by atoms with E-state index in [1.165, 1.54) is 5.56 Å². The first-order chi connectivity index (χ1) is 13.6. The molecule has 0 aliphatic heterocycles. The average molecular weight is 372 g/mol. The zero-order valence-electron chi connectivity index (χ0n) is 15.5. The average Bonchev–Trinajstić information content (AvgIpc) is 3.32. The molecule has 1 saturated carbocycles. The molecular weight excluding hydrogens is 352 g/mol. The predicted octanol–water partition coefficient (Wildman–Crippen LogP) is 3.58. The van der Waals surface area contributed by atoms with E-state index in [1.807, 2.05) is 13.2 Å². The second kappa shape index (κ2) is 6.30. The van der Waals surface area contributed by atoms with E-state index in [-0.39, 0.29) is 11.4 Å². The highest BCUT2D eigenvalue weighted by Crippen LogP contribution is 2.49. The van der Waals surface area contributed by atoms with Crippen LogP contribution in [0.25, 0.3) is 22.4 Å². The molecule has 0 amide bonds. The van der Waals surface area contributed by atoms with Crippen LogP contribution in [-0.4, -0.2) is 24.7 Å². The molecule has 0 bridgehead atoms. The molecule has 140 valence electrons. The Morgan fingerprint density at radius 1 is 1.00 bits per heavy atom. The molecule has 0 saturated heterocycles. The molecule has 0 radical (unpaired) electrons. The molecule has 2 N–H and O–H groups in total. The third-order valence-electron chi connectivity index (χ3n) is 5.56. The number of hydrogen-bond acceptors (Lipinski definition) is 6. The van der Waals surface area contributed by atoms with Gasteiger partial charge in [-0.25, -0.2) is 15.0 Å². The van der Waals surface area contributed by atoms with E-state index in [2.05, 4.69) is 39.3 Å². The predicted molar refractivity (Wildman–Crippen MR) is 105 cm³/mol. The number of rotatable bonds is 4. The van der Waals surface area contributed by atoms with Crippen molar-refractivity contribution >= 4 is 5.95 Å². The number of benzene rings is 1. The normalized spacial score (nSPS) is 15.3. The van der Waals surface area contributed by atoms with Gasteiger partial charge in [0.1, 0.15) is 12.0 Å². The van der Waals surface area contributed by atoms with Gasteiger partial charge >= 0.3 is 0 Å². The molecule has 7 nitrogen and oxygen atoms in total. The van der Waals surface area contributed by atoms with Crippen molar-refractivity contribution in [1.29, 1.82) is 0 Å². The minimum absolute atomic E-state index is 0.156. The zero-order valence-corrected chi connectivity index (χ0v) is 15.5. The lowest BCUT2D eigenvalue weighted by Gasteiger charge is -2.39. The molecule has 5 rings (SSSR count). The number of oxazole rings is 1. The lowest BCUT2D eigenvalue weighted by Crippen LogP contribution is -2.35. The summed E-state index contributed by atoms with van der Waals surface area (Å²) in [6.07, 6.45) is 12.2. The summed E-state index contributed by atoms with van der Waals surface area (Å²) < 4.78 is 7.70. The molecule has 1 aromatic carbocycles. The molecule has 3 heterocycles. The molecule has 4 aromatic rings. The van der Waals surface area contributed by atoms with Gasteiger partial charge in [0, 0.05) is 36.8 Å². The highest BCUT2D eigenvalue weighted by atomic mass is 16.3. The lowest BCUT2D eigenvalue weighted by atomic mass is 9.64. The maximum Gasteiger partial charge on any atom is 0.219 e. The molecule has 28 heavy (non-hydrogen) atoms. The van der Waals surface area contributed by atoms with Crippen LogP contribution in [0.15, 0.2) is 59.7 Å². The summed E-state index contributed by atoms with van der Waals surface area (Å²) in [4.78, 5) is 12.9. The Balaban J connectivity index is 1.47. The van der Waals surface area contributed by atoms with Gasteiger partial charge in [0.2, 0.25) is 11.8 Å². The fourth-order valence-electron chi connectivity index (χ4n) is 3.80. The molecule has 1 fully saturated rings. The first kappa shape index (κ1) is 16.7. The highest BCUT2D eigenvalue weighted by molar-refractivity contribution is 5.63. The zero-order chi connectivity index (χ0) is 19.1. The minimum atomic E-state index is -0.156. The van der Waals surface area contributed by atoms with E-state index in [1.54, 1.807) is 29.5 Å². The van der Waals surface area contributed by atoms with E-state index in [0.29, 0.717) is 0 Å². The van der Waals surface area contributed by atoms with Gasteiger partial charge in [-0.05, 0) is 24.0 Å². The van der Waals surface area contributed by atoms with Crippen molar-refractivity contribution in [2.75, 3.05) is 5.73 Å². The van der Waals surface area contributed by atoms with Gasteiger partial charge in [0.05, 0.1) is 11.6 Å². The Morgan fingerprint density at radius 2 is 1.75 bits per heavy atom. The van der Waals surface area contributed by atoms with Crippen LogP contribution in [0.4, 0.5) is 5.95 Å². The van der Waals surface area contributed by atoms with Gasteiger partial charge in [-0.3, -0.25) is 4.68 Å². The molecular formula is C21H20N6O. The molecule has 3 aromatic heterocycles. The third kappa shape index (κ3) is 2.67. The van der Waals surface area contributed by atoms with Crippen LogP contribution in [0, 0.1) is 0 Å². The smallest absolute Gasteiger partial charge is 0.219 e. The molecule has 1 aliphatic rings. The number of hydrogen-bond donors (Lipinski definition) is 1. The van der Waals surface area contributed by atoms with Gasteiger partial charge in [0.25, 0.3) is 0 Å². The van der Waals surface area contributed by atoms with Crippen LogP contribution < -0.4 is 5.73 Å². The van der Waals surface area contributed by atoms with Crippen molar-refractivity contribution < 1.29 is 4.42 Å². The quantitative estimate of drug-likeness (QED) is 0.588. The van der Waals surface area contributed by atoms with E-state index < -0.39 is 0 Å². The topological polar surface area (TPSA) is 95.7 Å². The third-order valence-corrected chi connectivity index (χ3v) is 5.56. The van der Waals surface area contributed by atoms with Crippen LogP contribution in [0.5, 0.6) is 0 Å². The number of anilines is 1. The Hall–Kier alpha value is -3.48. The molecule has 0 spiro atoms. The molecule has 1 aliphatic carbocycles. The number of nitrogen functional groups attached to an aromatic ring is 1. The summed E-state index contributed by atoms with van der Waals surface area (Å²) in [6.45, 7) is 0. The van der Waals surface area contributed by atoms with Crippen LogP contribution in [-0.2, 0) is 12.5 Å². The summed E-state index contributed by atoms with van der Waals surface area (Å²) in [7, 11) is 1.89. The van der Waals surface area contributed by atoms with Crippen molar-refractivity contribution in [3.05, 3.63) is 66.8 Å². The molecule has 7 heteroatoms. The van der Waals surface area contributed by atoms with Gasteiger partial charge in [0.15, 0.2) is 0 Å². The van der Waals surface area contributed by atoms with Gasteiger partial charge in [-0.1, -0.05) is 30.7 Å². The maximum absolute atomic E-state index is 5.94. The van der Waals surface area contributed by atoms with E-state index in [4.69, 9.17) is 15.1 Å². The first-order valence-corrected chi connectivity index (χ1v) is 9.27. The Morgan fingerprint density at radius 3 is 2.36 bits per heavy atom. The standard InChI is InChI=1S/C21H20N6O/c1-27-12-16(11-25-27)18-13-28-19(26-18)21(7-2-8-21)17-5-3-14(4-6-17)15-9-23-20(22)24-10-15/h3-6,9-13H,2,7-8H2,1H3,(H2,22,23,24). The van der Waals surface area contributed by atoms with Gasteiger partial charge in [-0.15, -0.1) is 0 Å². The van der Waals surface area contributed by atoms with E-state index in [0.717, 1.165) is 47.5 Å². The van der Waals surface area contributed by atoms with E-state index >= 15 is 0 Å². The SMILES string of the molecule is Cn1cc(-c2coc(C3(c4ccc(-c5cnc(N)nc5)cc4)CCC3)n2)cn1. The summed E-state index contributed by atoms with van der Waals surface area (Å²) in [5.41, 5.74) is 10.4. The van der Waals surface area contributed by atoms with Crippen molar-refractivity contribution in [3.8, 4) is 22.4 Å². The molecule has 0 unspecified atom stereocenters. The summed E-state index contributed by atoms with van der Waals surface area (Å²) in [5.74, 6) is 1.06. The Kier molecular flexibility index (Phi) is 3.75. The van der Waals surface area contributed by atoms with Crippen LogP contribution in [0.2, 0.25) is 0 Å². The second-order valence-corrected chi connectivity index (χ2v) is 7.28. The number of aromatic nitrogens is 5. The number of aryl methyl sites for hydroxylation is 1. The van der Waals surface area contributed by atoms with Crippen molar-refractivity contribution in [2.45, 2.75) is 24.7 Å². The van der Waals surface area contributed by atoms with Crippen LogP contribution in [0.1, 0.15) is 30.7 Å². The summed E-state index contributed by atoms with van der Waals surface area (Å²) in [6, 6.07) is 8.49. The fourth-order valence-corrected chi connectivity index (χ4v) is 3.80. The first-order valence-electron chi connectivity index (χ1n) is 9.27. The van der Waals surface area contributed by atoms with E-state index in [9.17, 15) is 0 Å².